The van der Waals surface area contributed by atoms with Gasteiger partial charge in [0.15, 0.2) is 0 Å². The summed E-state index contributed by atoms with van der Waals surface area (Å²) in [5, 5.41) is 0. The Balaban J connectivity index is 2.49. The highest BCUT2D eigenvalue weighted by Gasteiger charge is 2.41. The molecule has 0 spiro atoms. The number of nitrogens with zero attached hydrogens (tertiary/aromatic N) is 1. The molecule has 0 unspecified atom stereocenters. The van der Waals surface area contributed by atoms with E-state index >= 15 is 0 Å². The van der Waals surface area contributed by atoms with Gasteiger partial charge in [0.2, 0.25) is 10.0 Å². The number of aryl methyl sites for hydroxylation is 1. The minimum Gasteiger partial charge on any atom is -0.497 e. The number of halogens is 1. The Morgan fingerprint density at radius 2 is 2.10 bits per heavy atom. The monoisotopic (exact) mass is 331 g/mol. The predicted molar refractivity (Wildman–Crippen MR) is 84.6 cm³/mol. The first-order valence-corrected chi connectivity index (χ1v) is 9.06. The molecule has 1 fully saturated rings. The van der Waals surface area contributed by atoms with Crippen LogP contribution in [-0.2, 0) is 16.4 Å². The van der Waals surface area contributed by atoms with E-state index in [2.05, 4.69) is 0 Å². The average molecular weight is 332 g/mol. The van der Waals surface area contributed by atoms with Crippen LogP contribution >= 0.6 is 11.6 Å². The molecule has 1 aromatic rings. The van der Waals surface area contributed by atoms with Gasteiger partial charge in [0.25, 0.3) is 0 Å². The molecule has 1 aliphatic heterocycles. The van der Waals surface area contributed by atoms with Gasteiger partial charge in [-0.3, -0.25) is 0 Å². The Morgan fingerprint density at radius 3 is 2.62 bits per heavy atom. The summed E-state index contributed by atoms with van der Waals surface area (Å²) in [5.74, 6) is 1.02. The van der Waals surface area contributed by atoms with Crippen molar-refractivity contribution < 1.29 is 13.2 Å². The molecule has 4 nitrogen and oxygen atoms in total. The van der Waals surface area contributed by atoms with Crippen molar-refractivity contribution in [2.75, 3.05) is 19.5 Å². The van der Waals surface area contributed by atoms with Crippen molar-refractivity contribution >= 4 is 21.6 Å². The van der Waals surface area contributed by atoms with E-state index in [0.29, 0.717) is 35.1 Å². The minimum atomic E-state index is -3.51. The van der Waals surface area contributed by atoms with E-state index < -0.39 is 10.0 Å². The molecule has 118 valence electrons. The van der Waals surface area contributed by atoms with Crippen molar-refractivity contribution in [2.24, 2.45) is 0 Å². The number of ether oxygens (including phenoxy) is 1. The number of alkyl halides is 1. The SMILES string of the molecule is COc1ccc(S(=O)(=O)N2CCCC2(C)C)c(CCCl)c1. The van der Waals surface area contributed by atoms with Crippen LogP contribution in [0.2, 0.25) is 0 Å². The van der Waals surface area contributed by atoms with Crippen LogP contribution in [0.3, 0.4) is 0 Å². The van der Waals surface area contributed by atoms with Gasteiger partial charge in [0, 0.05) is 18.0 Å². The van der Waals surface area contributed by atoms with Crippen molar-refractivity contribution in [2.45, 2.75) is 43.5 Å². The van der Waals surface area contributed by atoms with Gasteiger partial charge in [-0.2, -0.15) is 4.31 Å². The first kappa shape index (κ1) is 16.6. The third-order valence-electron chi connectivity index (χ3n) is 4.02. The number of rotatable bonds is 5. The van der Waals surface area contributed by atoms with E-state index in [1.54, 1.807) is 29.6 Å². The van der Waals surface area contributed by atoms with Gasteiger partial charge < -0.3 is 4.74 Å². The summed E-state index contributed by atoms with van der Waals surface area (Å²) in [4.78, 5) is 0.346. The zero-order valence-corrected chi connectivity index (χ0v) is 14.3. The number of benzene rings is 1. The molecule has 1 saturated heterocycles. The molecule has 0 amide bonds. The van der Waals surface area contributed by atoms with Gasteiger partial charge in [-0.1, -0.05) is 0 Å². The maximum absolute atomic E-state index is 13.0. The van der Waals surface area contributed by atoms with Gasteiger partial charge in [-0.25, -0.2) is 8.42 Å². The summed E-state index contributed by atoms with van der Waals surface area (Å²) in [6.07, 6.45) is 2.28. The Hall–Kier alpha value is -0.780. The maximum Gasteiger partial charge on any atom is 0.243 e. The van der Waals surface area contributed by atoms with Crippen LogP contribution in [0, 0.1) is 0 Å². The number of hydrogen-bond donors (Lipinski definition) is 0. The smallest absolute Gasteiger partial charge is 0.243 e. The summed E-state index contributed by atoms with van der Waals surface area (Å²) in [5.41, 5.74) is 0.379. The predicted octanol–water partition coefficient (Wildman–Crippen LogP) is 3.04. The van der Waals surface area contributed by atoms with Gasteiger partial charge in [-0.05, 0) is 56.9 Å². The van der Waals surface area contributed by atoms with Gasteiger partial charge in [0.05, 0.1) is 12.0 Å². The quantitative estimate of drug-likeness (QED) is 0.779. The molecule has 0 aromatic heterocycles. The van der Waals surface area contributed by atoms with Crippen LogP contribution in [0.5, 0.6) is 5.75 Å². The second kappa shape index (κ2) is 6.15. The first-order valence-electron chi connectivity index (χ1n) is 7.08. The van der Waals surface area contributed by atoms with Crippen molar-refractivity contribution in [1.29, 1.82) is 0 Å². The number of methoxy groups -OCH3 is 1. The summed E-state index contributed by atoms with van der Waals surface area (Å²) in [6, 6.07) is 5.08. The fourth-order valence-electron chi connectivity index (χ4n) is 2.88. The highest BCUT2D eigenvalue weighted by Crippen LogP contribution is 2.35. The number of sulfonamides is 1. The van der Waals surface area contributed by atoms with Crippen LogP contribution in [0.15, 0.2) is 23.1 Å². The fourth-order valence-corrected chi connectivity index (χ4v) is 5.16. The molecule has 1 heterocycles. The molecule has 0 saturated carbocycles. The lowest BCUT2D eigenvalue weighted by atomic mass is 10.0. The highest BCUT2D eigenvalue weighted by atomic mass is 35.5. The Labute approximate surface area is 132 Å². The molecule has 0 radical (unpaired) electrons. The largest absolute Gasteiger partial charge is 0.497 e. The summed E-state index contributed by atoms with van der Waals surface area (Å²) in [7, 11) is -1.94. The fraction of sp³-hybridized carbons (Fsp3) is 0.600. The molecule has 6 heteroatoms. The lowest BCUT2D eigenvalue weighted by Crippen LogP contribution is -2.42. The van der Waals surface area contributed by atoms with Crippen molar-refractivity contribution in [3.05, 3.63) is 23.8 Å². The van der Waals surface area contributed by atoms with E-state index in [4.69, 9.17) is 16.3 Å². The Kier molecular flexibility index (Phi) is 4.85. The molecule has 0 atom stereocenters. The van der Waals surface area contributed by atoms with Crippen LogP contribution < -0.4 is 4.74 Å². The van der Waals surface area contributed by atoms with Gasteiger partial charge in [0.1, 0.15) is 5.75 Å². The van der Waals surface area contributed by atoms with Crippen LogP contribution in [-0.4, -0.2) is 37.8 Å². The molecule has 1 aliphatic rings. The minimum absolute atomic E-state index is 0.336. The summed E-state index contributed by atoms with van der Waals surface area (Å²) < 4.78 is 32.8. The third kappa shape index (κ3) is 3.20. The molecule has 21 heavy (non-hydrogen) atoms. The molecule has 0 aliphatic carbocycles. The Bertz CT molecular complexity index is 613. The lowest BCUT2D eigenvalue weighted by Gasteiger charge is -2.31. The molecule has 0 N–H and O–H groups in total. The first-order chi connectivity index (χ1) is 9.82. The normalized spacial score (nSPS) is 18.9. The zero-order valence-electron chi connectivity index (χ0n) is 12.7. The zero-order chi connectivity index (χ0) is 15.7. The van der Waals surface area contributed by atoms with Crippen LogP contribution in [0.4, 0.5) is 0 Å². The summed E-state index contributed by atoms with van der Waals surface area (Å²) >= 11 is 5.82. The van der Waals surface area contributed by atoms with Crippen molar-refractivity contribution in [1.82, 2.24) is 4.31 Å². The van der Waals surface area contributed by atoms with E-state index in [1.807, 2.05) is 13.8 Å². The van der Waals surface area contributed by atoms with E-state index in [0.717, 1.165) is 12.8 Å². The molecule has 2 rings (SSSR count). The van der Waals surface area contributed by atoms with E-state index in [-0.39, 0.29) is 5.54 Å². The Morgan fingerprint density at radius 1 is 1.38 bits per heavy atom. The summed E-state index contributed by atoms with van der Waals surface area (Å²) in [6.45, 7) is 4.52. The number of hydrogen-bond acceptors (Lipinski definition) is 3. The van der Waals surface area contributed by atoms with E-state index in [1.165, 1.54) is 0 Å². The van der Waals surface area contributed by atoms with Crippen LogP contribution in [0.1, 0.15) is 32.3 Å². The third-order valence-corrected chi connectivity index (χ3v) is 6.42. The molecular formula is C15H22ClNO3S. The highest BCUT2D eigenvalue weighted by molar-refractivity contribution is 7.89. The molecule has 1 aromatic carbocycles. The molecule has 0 bridgehead atoms. The van der Waals surface area contributed by atoms with Crippen LogP contribution in [0.25, 0.3) is 0 Å². The molecular weight excluding hydrogens is 310 g/mol. The topological polar surface area (TPSA) is 46.6 Å². The van der Waals surface area contributed by atoms with Gasteiger partial charge >= 0.3 is 0 Å². The van der Waals surface area contributed by atoms with Gasteiger partial charge in [-0.15, -0.1) is 11.6 Å². The standard InChI is InChI=1S/C15H22ClNO3S/c1-15(2)8-4-10-17(15)21(18,19)14-6-5-13(20-3)11-12(14)7-9-16/h5-6,11H,4,7-10H2,1-3H3. The van der Waals surface area contributed by atoms with Crippen molar-refractivity contribution in [3.8, 4) is 5.75 Å². The van der Waals surface area contributed by atoms with Crippen molar-refractivity contribution in [3.63, 3.8) is 0 Å². The second-order valence-corrected chi connectivity index (χ2v) is 8.11. The maximum atomic E-state index is 13.0. The van der Waals surface area contributed by atoms with E-state index in [9.17, 15) is 8.42 Å². The average Bonchev–Trinajstić information content (AvgIpc) is 2.79. The lowest BCUT2D eigenvalue weighted by molar-refractivity contribution is 0.291. The second-order valence-electron chi connectivity index (χ2n) is 5.91.